The van der Waals surface area contributed by atoms with Crippen LogP contribution in [0.1, 0.15) is 30.9 Å². The minimum Gasteiger partial charge on any atom is -0.379 e. The molecule has 166 valence electrons. The number of carbonyl (C=O) groups is 1. The SMILES string of the molecule is CN=C(NCC(c1ccccc1Cl)N1CCOCC1)N1CCC(CC(=O)NC)CC1. The summed E-state index contributed by atoms with van der Waals surface area (Å²) in [5.41, 5.74) is 1.13. The minimum absolute atomic E-state index is 0.129. The number of benzene rings is 1. The van der Waals surface area contributed by atoms with E-state index in [0.717, 1.165) is 75.3 Å². The predicted molar refractivity (Wildman–Crippen MR) is 121 cm³/mol. The highest BCUT2D eigenvalue weighted by Gasteiger charge is 2.27. The summed E-state index contributed by atoms with van der Waals surface area (Å²) in [6, 6.07) is 8.23. The maximum Gasteiger partial charge on any atom is 0.220 e. The van der Waals surface area contributed by atoms with Crippen LogP contribution >= 0.6 is 11.6 Å². The van der Waals surface area contributed by atoms with Crippen molar-refractivity contribution in [2.75, 3.05) is 60.0 Å². The van der Waals surface area contributed by atoms with Crippen LogP contribution in [0.2, 0.25) is 5.02 Å². The lowest BCUT2D eigenvalue weighted by atomic mass is 9.93. The Labute approximate surface area is 184 Å². The van der Waals surface area contributed by atoms with Crippen molar-refractivity contribution >= 4 is 23.5 Å². The van der Waals surface area contributed by atoms with Crippen LogP contribution in [0.15, 0.2) is 29.3 Å². The molecular weight excluding hydrogens is 402 g/mol. The van der Waals surface area contributed by atoms with Gasteiger partial charge in [0.05, 0.1) is 19.3 Å². The van der Waals surface area contributed by atoms with Crippen molar-refractivity contribution in [3.05, 3.63) is 34.9 Å². The van der Waals surface area contributed by atoms with Gasteiger partial charge in [0.25, 0.3) is 0 Å². The number of halogens is 1. The average molecular weight is 436 g/mol. The Bertz CT molecular complexity index is 715. The topological polar surface area (TPSA) is 69.2 Å². The molecule has 8 heteroatoms. The fourth-order valence-corrected chi connectivity index (χ4v) is 4.57. The smallest absolute Gasteiger partial charge is 0.220 e. The molecule has 2 N–H and O–H groups in total. The van der Waals surface area contributed by atoms with E-state index >= 15 is 0 Å². The van der Waals surface area contributed by atoms with Crippen molar-refractivity contribution in [2.45, 2.75) is 25.3 Å². The van der Waals surface area contributed by atoms with E-state index in [-0.39, 0.29) is 11.9 Å². The molecule has 0 aliphatic carbocycles. The molecule has 1 aromatic rings. The molecule has 30 heavy (non-hydrogen) atoms. The maximum absolute atomic E-state index is 11.7. The third-order valence-electron chi connectivity index (χ3n) is 6.08. The molecule has 2 fully saturated rings. The van der Waals surface area contributed by atoms with E-state index in [1.165, 1.54) is 0 Å². The summed E-state index contributed by atoms with van der Waals surface area (Å²) < 4.78 is 5.55. The zero-order valence-electron chi connectivity index (χ0n) is 18.1. The van der Waals surface area contributed by atoms with Crippen molar-refractivity contribution in [3.8, 4) is 0 Å². The molecule has 2 aliphatic heterocycles. The van der Waals surface area contributed by atoms with Gasteiger partial charge in [-0.3, -0.25) is 14.7 Å². The lowest BCUT2D eigenvalue weighted by Crippen LogP contribution is -2.49. The van der Waals surface area contributed by atoms with E-state index < -0.39 is 0 Å². The second-order valence-electron chi connectivity index (χ2n) is 7.92. The summed E-state index contributed by atoms with van der Waals surface area (Å²) in [4.78, 5) is 20.9. The lowest BCUT2D eigenvalue weighted by molar-refractivity contribution is -0.121. The zero-order chi connectivity index (χ0) is 21.3. The largest absolute Gasteiger partial charge is 0.379 e. The van der Waals surface area contributed by atoms with Crippen molar-refractivity contribution in [2.24, 2.45) is 10.9 Å². The van der Waals surface area contributed by atoms with Gasteiger partial charge < -0.3 is 20.3 Å². The number of carbonyl (C=O) groups excluding carboxylic acids is 1. The number of hydrogen-bond acceptors (Lipinski definition) is 4. The van der Waals surface area contributed by atoms with E-state index in [0.29, 0.717) is 12.3 Å². The van der Waals surface area contributed by atoms with E-state index in [4.69, 9.17) is 16.3 Å². The zero-order valence-corrected chi connectivity index (χ0v) is 18.8. The summed E-state index contributed by atoms with van der Waals surface area (Å²) >= 11 is 6.55. The number of amides is 1. The van der Waals surface area contributed by atoms with Gasteiger partial charge >= 0.3 is 0 Å². The van der Waals surface area contributed by atoms with Gasteiger partial charge in [-0.1, -0.05) is 29.8 Å². The number of rotatable bonds is 6. The monoisotopic (exact) mass is 435 g/mol. The standard InChI is InChI=1S/C22H34ClN5O2/c1-24-21(29)15-17-7-9-28(10-8-17)22(25-2)26-16-20(27-11-13-30-14-12-27)18-5-3-4-6-19(18)23/h3-6,17,20H,7-16H2,1-2H3,(H,24,29)(H,25,26). The molecule has 0 radical (unpaired) electrons. The molecule has 1 unspecified atom stereocenters. The lowest BCUT2D eigenvalue weighted by Gasteiger charge is -2.37. The molecule has 1 atom stereocenters. The number of ether oxygens (including phenoxy) is 1. The molecule has 0 saturated carbocycles. The Balaban J connectivity index is 1.61. The third-order valence-corrected chi connectivity index (χ3v) is 6.43. The fraction of sp³-hybridized carbons (Fsp3) is 0.636. The summed E-state index contributed by atoms with van der Waals surface area (Å²) in [7, 11) is 3.53. The molecule has 2 aliphatic rings. The molecule has 0 bridgehead atoms. The molecule has 0 spiro atoms. The normalized spacial score (nSPS) is 20.1. The highest BCUT2D eigenvalue weighted by Crippen LogP contribution is 2.28. The number of morpholine rings is 1. The quantitative estimate of drug-likeness (QED) is 0.529. The van der Waals surface area contributed by atoms with Crippen LogP contribution in [0.25, 0.3) is 0 Å². The molecular formula is C22H34ClN5O2. The second-order valence-corrected chi connectivity index (χ2v) is 8.33. The van der Waals surface area contributed by atoms with Crippen LogP contribution in [0.4, 0.5) is 0 Å². The fourth-order valence-electron chi connectivity index (χ4n) is 4.30. The Morgan fingerprint density at radius 3 is 2.57 bits per heavy atom. The molecule has 2 heterocycles. The van der Waals surface area contributed by atoms with Gasteiger partial charge in [0, 0.05) is 58.3 Å². The van der Waals surface area contributed by atoms with E-state index in [1.807, 2.05) is 25.2 Å². The first-order valence-electron chi connectivity index (χ1n) is 10.8. The number of nitrogens with one attached hydrogen (secondary N) is 2. The van der Waals surface area contributed by atoms with E-state index in [2.05, 4.69) is 31.5 Å². The summed E-state index contributed by atoms with van der Waals surface area (Å²) in [5, 5.41) is 7.11. The number of hydrogen-bond donors (Lipinski definition) is 2. The molecule has 1 amide bonds. The van der Waals surface area contributed by atoms with Crippen LogP contribution < -0.4 is 10.6 Å². The van der Waals surface area contributed by atoms with Crippen LogP contribution in [0.3, 0.4) is 0 Å². The molecule has 3 rings (SSSR count). The molecule has 7 nitrogen and oxygen atoms in total. The van der Waals surface area contributed by atoms with Gasteiger partial charge in [-0.2, -0.15) is 0 Å². The summed E-state index contributed by atoms with van der Waals surface area (Å²) in [6.45, 7) is 5.82. The van der Waals surface area contributed by atoms with Crippen LogP contribution in [0.5, 0.6) is 0 Å². The highest BCUT2D eigenvalue weighted by molar-refractivity contribution is 6.31. The summed E-state index contributed by atoms with van der Waals surface area (Å²) in [5.74, 6) is 1.49. The molecule has 2 saturated heterocycles. The number of aliphatic imine (C=N–C) groups is 1. The van der Waals surface area contributed by atoms with Crippen molar-refractivity contribution in [1.29, 1.82) is 0 Å². The van der Waals surface area contributed by atoms with E-state index in [9.17, 15) is 4.79 Å². The van der Waals surface area contributed by atoms with Gasteiger partial charge in [-0.25, -0.2) is 0 Å². The molecule has 0 aromatic heterocycles. The van der Waals surface area contributed by atoms with E-state index in [1.54, 1.807) is 7.05 Å². The average Bonchev–Trinajstić information content (AvgIpc) is 2.79. The Morgan fingerprint density at radius 1 is 1.23 bits per heavy atom. The van der Waals surface area contributed by atoms with Crippen molar-refractivity contribution in [3.63, 3.8) is 0 Å². The third kappa shape index (κ3) is 6.09. The highest BCUT2D eigenvalue weighted by atomic mass is 35.5. The number of guanidine groups is 1. The van der Waals surface area contributed by atoms with Gasteiger partial charge in [0.1, 0.15) is 0 Å². The van der Waals surface area contributed by atoms with Gasteiger partial charge in [0.15, 0.2) is 5.96 Å². The first-order valence-corrected chi connectivity index (χ1v) is 11.2. The Morgan fingerprint density at radius 2 is 1.93 bits per heavy atom. The van der Waals surface area contributed by atoms with Gasteiger partial charge in [-0.15, -0.1) is 0 Å². The van der Waals surface area contributed by atoms with Gasteiger partial charge in [0.2, 0.25) is 5.91 Å². The second kappa shape index (κ2) is 11.5. The van der Waals surface area contributed by atoms with Crippen LogP contribution in [-0.2, 0) is 9.53 Å². The predicted octanol–water partition coefficient (Wildman–Crippen LogP) is 2.14. The molecule has 1 aromatic carbocycles. The van der Waals surface area contributed by atoms with Crippen LogP contribution in [-0.4, -0.2) is 81.7 Å². The summed E-state index contributed by atoms with van der Waals surface area (Å²) in [6.07, 6.45) is 2.62. The van der Waals surface area contributed by atoms with Crippen molar-refractivity contribution in [1.82, 2.24) is 20.4 Å². The Hall–Kier alpha value is -1.83. The number of likely N-dealkylation sites (tertiary alicyclic amines) is 1. The number of piperidine rings is 1. The Kier molecular flexibility index (Phi) is 8.78. The first-order chi connectivity index (χ1) is 14.6. The maximum atomic E-state index is 11.7. The van der Waals surface area contributed by atoms with Crippen LogP contribution in [0, 0.1) is 5.92 Å². The number of nitrogens with zero attached hydrogens (tertiary/aromatic N) is 3. The van der Waals surface area contributed by atoms with Crippen molar-refractivity contribution < 1.29 is 9.53 Å². The van der Waals surface area contributed by atoms with Gasteiger partial charge in [-0.05, 0) is 30.4 Å². The first kappa shape index (κ1) is 22.8. The minimum atomic E-state index is 0.129.